The van der Waals surface area contributed by atoms with Gasteiger partial charge < -0.3 is 9.47 Å². The van der Waals surface area contributed by atoms with Gasteiger partial charge >= 0.3 is 0 Å². The normalized spacial score (nSPS) is 10.7. The van der Waals surface area contributed by atoms with Gasteiger partial charge in [-0.1, -0.05) is 12.1 Å². The van der Waals surface area contributed by atoms with Crippen LogP contribution in [-0.4, -0.2) is 17.1 Å². The second kappa shape index (κ2) is 6.38. The number of aryl methyl sites for hydroxylation is 2. The number of thiophene rings is 1. The quantitative estimate of drug-likeness (QED) is 0.629. The van der Waals surface area contributed by atoms with E-state index in [0.717, 1.165) is 27.8 Å². The first-order chi connectivity index (χ1) is 11.1. The van der Waals surface area contributed by atoms with Crippen LogP contribution in [0.4, 0.5) is 0 Å². The zero-order valence-electron chi connectivity index (χ0n) is 13.4. The lowest BCUT2D eigenvalue weighted by molar-refractivity contribution is 0.375. The van der Waals surface area contributed by atoms with Crippen LogP contribution < -0.4 is 9.47 Å². The minimum Gasteiger partial charge on any atom is -0.493 e. The summed E-state index contributed by atoms with van der Waals surface area (Å²) in [6.07, 6.45) is 4.18. The molecule has 0 radical (unpaired) electrons. The van der Waals surface area contributed by atoms with E-state index in [1.807, 2.05) is 24.3 Å². The number of fused-ring (bicyclic) bond motifs is 1. The standard InChI is InChI=1S/C18H18N2O2S/c1-5-6-13-7-8-14(15(9-13)21-4)22-17-16-11(2)12(3)23-18(16)20-10-19-17/h5,7-10H,1,6H2,2-4H3. The predicted octanol–water partition coefficient (Wildman–Crippen LogP) is 4.84. The highest BCUT2D eigenvalue weighted by Crippen LogP contribution is 2.38. The number of methoxy groups -OCH3 is 1. The molecule has 3 rings (SSSR count). The maximum Gasteiger partial charge on any atom is 0.231 e. The number of benzene rings is 1. The molecule has 0 aliphatic carbocycles. The maximum absolute atomic E-state index is 6.05. The van der Waals surface area contributed by atoms with Crippen molar-refractivity contribution in [1.82, 2.24) is 9.97 Å². The molecule has 118 valence electrons. The number of ether oxygens (including phenoxy) is 2. The highest BCUT2D eigenvalue weighted by atomic mass is 32.1. The second-order valence-electron chi connectivity index (χ2n) is 5.22. The third kappa shape index (κ3) is 2.92. The molecule has 3 aromatic rings. The average Bonchev–Trinajstić information content (AvgIpc) is 2.84. The van der Waals surface area contributed by atoms with Gasteiger partial charge in [-0.05, 0) is 43.5 Å². The fourth-order valence-corrected chi connectivity index (χ4v) is 3.41. The maximum atomic E-state index is 6.05. The first-order valence-electron chi connectivity index (χ1n) is 7.30. The molecule has 2 aromatic heterocycles. The lowest BCUT2D eigenvalue weighted by atomic mass is 10.1. The van der Waals surface area contributed by atoms with Gasteiger partial charge in [0, 0.05) is 4.88 Å². The van der Waals surface area contributed by atoms with Gasteiger partial charge in [-0.15, -0.1) is 17.9 Å². The van der Waals surface area contributed by atoms with Crippen molar-refractivity contribution in [3.05, 3.63) is 53.2 Å². The molecule has 0 atom stereocenters. The number of aromatic nitrogens is 2. The molecule has 0 unspecified atom stereocenters. The van der Waals surface area contributed by atoms with Crippen LogP contribution in [0.2, 0.25) is 0 Å². The Hall–Kier alpha value is -2.40. The van der Waals surface area contributed by atoms with Crippen LogP contribution in [0.3, 0.4) is 0 Å². The number of hydrogen-bond donors (Lipinski definition) is 0. The van der Waals surface area contributed by atoms with Gasteiger partial charge in [-0.3, -0.25) is 0 Å². The summed E-state index contributed by atoms with van der Waals surface area (Å²) in [5, 5.41) is 0.965. The number of hydrogen-bond acceptors (Lipinski definition) is 5. The van der Waals surface area contributed by atoms with Crippen LogP contribution in [-0.2, 0) is 6.42 Å². The summed E-state index contributed by atoms with van der Waals surface area (Å²) in [4.78, 5) is 10.8. The molecule has 1 aromatic carbocycles. The molecule has 0 spiro atoms. The summed E-state index contributed by atoms with van der Waals surface area (Å²) in [5.41, 5.74) is 2.28. The molecular weight excluding hydrogens is 308 g/mol. The van der Waals surface area contributed by atoms with E-state index in [9.17, 15) is 0 Å². The third-order valence-electron chi connectivity index (χ3n) is 3.75. The van der Waals surface area contributed by atoms with Crippen LogP contribution in [0.1, 0.15) is 16.0 Å². The van der Waals surface area contributed by atoms with Crippen molar-refractivity contribution in [3.8, 4) is 17.4 Å². The summed E-state index contributed by atoms with van der Waals surface area (Å²) in [5.74, 6) is 1.89. The second-order valence-corrected chi connectivity index (χ2v) is 6.43. The minimum atomic E-state index is 0.562. The van der Waals surface area contributed by atoms with E-state index >= 15 is 0 Å². The smallest absolute Gasteiger partial charge is 0.231 e. The van der Waals surface area contributed by atoms with Gasteiger partial charge in [0.1, 0.15) is 11.2 Å². The lowest BCUT2D eigenvalue weighted by Crippen LogP contribution is -1.95. The van der Waals surface area contributed by atoms with Crippen molar-refractivity contribution in [2.75, 3.05) is 7.11 Å². The fourth-order valence-electron chi connectivity index (χ4n) is 2.42. The predicted molar refractivity (Wildman–Crippen MR) is 93.9 cm³/mol. The van der Waals surface area contributed by atoms with E-state index in [-0.39, 0.29) is 0 Å². The van der Waals surface area contributed by atoms with Gasteiger partial charge in [0.05, 0.1) is 12.5 Å². The van der Waals surface area contributed by atoms with E-state index < -0.39 is 0 Å². The van der Waals surface area contributed by atoms with Crippen molar-refractivity contribution < 1.29 is 9.47 Å². The van der Waals surface area contributed by atoms with Crippen LogP contribution in [0, 0.1) is 13.8 Å². The summed E-state index contributed by atoms with van der Waals surface area (Å²) in [6.45, 7) is 7.90. The molecule has 2 heterocycles. The van der Waals surface area contributed by atoms with Crippen molar-refractivity contribution in [3.63, 3.8) is 0 Å². The monoisotopic (exact) mass is 326 g/mol. The fraction of sp³-hybridized carbons (Fsp3) is 0.222. The van der Waals surface area contributed by atoms with Gasteiger partial charge in [0.2, 0.25) is 5.88 Å². The van der Waals surface area contributed by atoms with Gasteiger partial charge in [0.25, 0.3) is 0 Å². The molecule has 0 N–H and O–H groups in total. The first kappa shape index (κ1) is 15.5. The molecule has 23 heavy (non-hydrogen) atoms. The van der Waals surface area contributed by atoms with Crippen LogP contribution in [0.5, 0.6) is 17.4 Å². The van der Waals surface area contributed by atoms with Gasteiger partial charge in [-0.25, -0.2) is 9.97 Å². The van der Waals surface area contributed by atoms with Crippen molar-refractivity contribution in [1.29, 1.82) is 0 Å². The Balaban J connectivity index is 2.04. The van der Waals surface area contributed by atoms with E-state index in [1.165, 1.54) is 11.2 Å². The van der Waals surface area contributed by atoms with E-state index in [4.69, 9.17) is 9.47 Å². The van der Waals surface area contributed by atoms with Crippen molar-refractivity contribution in [2.24, 2.45) is 0 Å². The Labute approximate surface area is 139 Å². The van der Waals surface area contributed by atoms with Gasteiger partial charge in [0.15, 0.2) is 11.5 Å². The molecular formula is C18H18N2O2S. The molecule has 0 amide bonds. The van der Waals surface area contributed by atoms with Gasteiger partial charge in [-0.2, -0.15) is 0 Å². The van der Waals surface area contributed by atoms with Crippen LogP contribution in [0.25, 0.3) is 10.2 Å². The summed E-state index contributed by atoms with van der Waals surface area (Å²) >= 11 is 1.65. The largest absolute Gasteiger partial charge is 0.493 e. The lowest BCUT2D eigenvalue weighted by Gasteiger charge is -2.11. The molecule has 4 nitrogen and oxygen atoms in total. The van der Waals surface area contributed by atoms with Crippen LogP contribution >= 0.6 is 11.3 Å². The van der Waals surface area contributed by atoms with Crippen LogP contribution in [0.15, 0.2) is 37.2 Å². The molecule has 0 aliphatic rings. The minimum absolute atomic E-state index is 0.562. The third-order valence-corrected chi connectivity index (χ3v) is 4.86. The summed E-state index contributed by atoms with van der Waals surface area (Å²) in [6, 6.07) is 5.87. The molecule has 0 aliphatic heterocycles. The zero-order chi connectivity index (χ0) is 16.4. The van der Waals surface area contributed by atoms with E-state index in [0.29, 0.717) is 17.4 Å². The van der Waals surface area contributed by atoms with Crippen molar-refractivity contribution in [2.45, 2.75) is 20.3 Å². The first-order valence-corrected chi connectivity index (χ1v) is 8.12. The Bertz CT molecular complexity index is 871. The summed E-state index contributed by atoms with van der Waals surface area (Å²) < 4.78 is 11.5. The number of allylic oxidation sites excluding steroid dienone is 1. The average molecular weight is 326 g/mol. The van der Waals surface area contributed by atoms with E-state index in [2.05, 4.69) is 30.4 Å². The highest BCUT2D eigenvalue weighted by Gasteiger charge is 2.15. The Kier molecular flexibility index (Phi) is 4.30. The molecule has 0 fully saturated rings. The topological polar surface area (TPSA) is 44.2 Å². The molecule has 5 heteroatoms. The Morgan fingerprint density at radius 2 is 2.04 bits per heavy atom. The summed E-state index contributed by atoms with van der Waals surface area (Å²) in [7, 11) is 1.63. The number of rotatable bonds is 5. The Morgan fingerprint density at radius 3 is 2.78 bits per heavy atom. The molecule has 0 saturated heterocycles. The Morgan fingerprint density at radius 1 is 1.22 bits per heavy atom. The SMILES string of the molecule is C=CCc1ccc(Oc2ncnc3sc(C)c(C)c23)c(OC)c1. The zero-order valence-corrected chi connectivity index (χ0v) is 14.2. The van der Waals surface area contributed by atoms with E-state index in [1.54, 1.807) is 18.4 Å². The molecule has 0 saturated carbocycles. The van der Waals surface area contributed by atoms with Crippen molar-refractivity contribution >= 4 is 21.6 Å². The number of nitrogens with zero attached hydrogens (tertiary/aromatic N) is 2. The molecule has 0 bridgehead atoms. The highest BCUT2D eigenvalue weighted by molar-refractivity contribution is 7.18.